The van der Waals surface area contributed by atoms with Crippen molar-refractivity contribution in [2.75, 3.05) is 15.5 Å². The molecule has 0 saturated heterocycles. The van der Waals surface area contributed by atoms with Gasteiger partial charge >= 0.3 is 0 Å². The van der Waals surface area contributed by atoms with E-state index in [4.69, 9.17) is 0 Å². The summed E-state index contributed by atoms with van der Waals surface area (Å²) in [6.45, 7) is 4.13. The molecule has 2 aromatic rings. The van der Waals surface area contributed by atoms with Crippen LogP contribution in [-0.2, 0) is 14.4 Å². The van der Waals surface area contributed by atoms with Crippen molar-refractivity contribution in [1.82, 2.24) is 0 Å². The van der Waals surface area contributed by atoms with E-state index in [2.05, 4.69) is 17.6 Å². The molecule has 0 radical (unpaired) electrons. The lowest BCUT2D eigenvalue weighted by Gasteiger charge is -2.36. The van der Waals surface area contributed by atoms with E-state index in [1.54, 1.807) is 6.07 Å². The van der Waals surface area contributed by atoms with Crippen molar-refractivity contribution in [3.63, 3.8) is 0 Å². The molecule has 0 bridgehead atoms. The summed E-state index contributed by atoms with van der Waals surface area (Å²) in [7, 11) is 0. The number of anilines is 3. The third-order valence-electron chi connectivity index (χ3n) is 5.51. The Labute approximate surface area is 184 Å². The molecule has 6 heteroatoms. The number of carbonyl (C=O) groups excluding carboxylic acids is 3. The standard InChI is InChI=1S/C25H31N3O3/c1-3-4-5-6-7-12-24(30)28-21-11-9-8-10-20(21)27-25(31)22(28)17-23(29)26-19-15-13-18(2)14-16-19/h8-11,13-16,22H,3-7,12,17H2,1-2H3,(H,26,29)(H,27,31)/t22-/m1/s1. The van der Waals surface area contributed by atoms with E-state index in [0.29, 0.717) is 23.5 Å². The van der Waals surface area contributed by atoms with Crippen molar-refractivity contribution in [1.29, 1.82) is 0 Å². The molecule has 1 atom stereocenters. The van der Waals surface area contributed by atoms with Gasteiger partial charge in [0, 0.05) is 12.1 Å². The number of benzene rings is 2. The second kappa shape index (κ2) is 10.8. The molecule has 3 amide bonds. The maximum Gasteiger partial charge on any atom is 0.248 e. The number of hydrogen-bond acceptors (Lipinski definition) is 3. The van der Waals surface area contributed by atoms with Gasteiger partial charge in [-0.3, -0.25) is 19.3 Å². The van der Waals surface area contributed by atoms with Crippen LogP contribution in [0.2, 0.25) is 0 Å². The summed E-state index contributed by atoms with van der Waals surface area (Å²) < 4.78 is 0. The van der Waals surface area contributed by atoms with Crippen LogP contribution in [0.15, 0.2) is 48.5 Å². The molecular weight excluding hydrogens is 390 g/mol. The number of fused-ring (bicyclic) bond motifs is 1. The summed E-state index contributed by atoms with van der Waals surface area (Å²) in [6.07, 6.45) is 5.43. The van der Waals surface area contributed by atoms with Gasteiger partial charge in [0.15, 0.2) is 0 Å². The molecule has 0 aromatic heterocycles. The van der Waals surface area contributed by atoms with Gasteiger partial charge in [-0.25, -0.2) is 0 Å². The quantitative estimate of drug-likeness (QED) is 0.557. The first kappa shape index (κ1) is 22.5. The normalized spacial score (nSPS) is 15.2. The van der Waals surface area contributed by atoms with E-state index in [0.717, 1.165) is 37.7 Å². The largest absolute Gasteiger partial charge is 0.326 e. The van der Waals surface area contributed by atoms with Crippen LogP contribution in [-0.4, -0.2) is 23.8 Å². The Bertz CT molecular complexity index is 924. The first-order chi connectivity index (χ1) is 15.0. The van der Waals surface area contributed by atoms with Crippen molar-refractivity contribution in [2.24, 2.45) is 0 Å². The fourth-order valence-electron chi connectivity index (χ4n) is 3.81. The number of amides is 3. The van der Waals surface area contributed by atoms with Gasteiger partial charge in [0.05, 0.1) is 17.8 Å². The molecule has 0 spiro atoms. The van der Waals surface area contributed by atoms with Crippen molar-refractivity contribution in [2.45, 2.75) is 64.8 Å². The van der Waals surface area contributed by atoms with Crippen molar-refractivity contribution >= 4 is 34.8 Å². The number of unbranched alkanes of at least 4 members (excludes halogenated alkanes) is 4. The number of aryl methyl sites for hydroxylation is 1. The van der Waals surface area contributed by atoms with Gasteiger partial charge in [0.25, 0.3) is 0 Å². The summed E-state index contributed by atoms with van der Waals surface area (Å²) in [5.41, 5.74) is 3.01. The highest BCUT2D eigenvalue weighted by atomic mass is 16.2. The van der Waals surface area contributed by atoms with E-state index >= 15 is 0 Å². The predicted molar refractivity (Wildman–Crippen MR) is 124 cm³/mol. The van der Waals surface area contributed by atoms with E-state index < -0.39 is 6.04 Å². The molecule has 6 nitrogen and oxygen atoms in total. The Morgan fingerprint density at radius 3 is 2.45 bits per heavy atom. The Morgan fingerprint density at radius 1 is 1.00 bits per heavy atom. The molecule has 3 rings (SSSR count). The fraction of sp³-hybridized carbons (Fsp3) is 0.400. The van der Waals surface area contributed by atoms with E-state index in [1.807, 2.05) is 49.4 Å². The molecule has 1 aliphatic heterocycles. The van der Waals surface area contributed by atoms with E-state index in [9.17, 15) is 14.4 Å². The summed E-state index contributed by atoms with van der Waals surface area (Å²) in [4.78, 5) is 40.2. The molecule has 2 aromatic carbocycles. The zero-order valence-corrected chi connectivity index (χ0v) is 18.3. The summed E-state index contributed by atoms with van der Waals surface area (Å²) in [5, 5.41) is 5.67. The SMILES string of the molecule is CCCCCCCC(=O)N1c2ccccc2NC(=O)[C@H]1CC(=O)Nc1ccc(C)cc1. The number of carbonyl (C=O) groups is 3. The van der Waals surface area contributed by atoms with Gasteiger partial charge in [-0.2, -0.15) is 0 Å². The number of nitrogens with one attached hydrogen (secondary N) is 2. The molecule has 1 aliphatic rings. The summed E-state index contributed by atoms with van der Waals surface area (Å²) >= 11 is 0. The summed E-state index contributed by atoms with van der Waals surface area (Å²) in [5.74, 6) is -0.756. The molecule has 0 aliphatic carbocycles. The lowest BCUT2D eigenvalue weighted by Crippen LogP contribution is -2.52. The number of hydrogen-bond donors (Lipinski definition) is 2. The van der Waals surface area contributed by atoms with Crippen LogP contribution < -0.4 is 15.5 Å². The molecule has 1 heterocycles. The van der Waals surface area contributed by atoms with Crippen LogP contribution in [0.25, 0.3) is 0 Å². The van der Waals surface area contributed by atoms with Crippen molar-refractivity contribution < 1.29 is 14.4 Å². The maximum absolute atomic E-state index is 13.1. The Kier molecular flexibility index (Phi) is 7.82. The fourth-order valence-corrected chi connectivity index (χ4v) is 3.81. The zero-order valence-electron chi connectivity index (χ0n) is 18.3. The number of para-hydroxylation sites is 2. The van der Waals surface area contributed by atoms with Crippen molar-refractivity contribution in [3.8, 4) is 0 Å². The van der Waals surface area contributed by atoms with Gasteiger partial charge in [-0.1, -0.05) is 62.4 Å². The number of nitrogens with zero attached hydrogens (tertiary/aromatic N) is 1. The third kappa shape index (κ3) is 5.94. The monoisotopic (exact) mass is 421 g/mol. The second-order valence-corrected chi connectivity index (χ2v) is 8.07. The Morgan fingerprint density at radius 2 is 1.71 bits per heavy atom. The molecule has 0 unspecified atom stereocenters. The second-order valence-electron chi connectivity index (χ2n) is 8.07. The molecule has 164 valence electrons. The van der Waals surface area contributed by atoms with Crippen LogP contribution in [0.1, 0.15) is 57.4 Å². The van der Waals surface area contributed by atoms with Crippen LogP contribution in [0.5, 0.6) is 0 Å². The first-order valence-electron chi connectivity index (χ1n) is 11.1. The predicted octanol–water partition coefficient (Wildman–Crippen LogP) is 5.04. The minimum atomic E-state index is -0.872. The smallest absolute Gasteiger partial charge is 0.248 e. The van der Waals surface area contributed by atoms with Crippen molar-refractivity contribution in [3.05, 3.63) is 54.1 Å². The van der Waals surface area contributed by atoms with Crippen LogP contribution in [0, 0.1) is 6.92 Å². The lowest BCUT2D eigenvalue weighted by atomic mass is 10.0. The average molecular weight is 422 g/mol. The van der Waals surface area contributed by atoms with Crippen LogP contribution in [0.3, 0.4) is 0 Å². The first-order valence-corrected chi connectivity index (χ1v) is 11.1. The maximum atomic E-state index is 13.1. The van der Waals surface area contributed by atoms with Gasteiger partial charge in [-0.05, 0) is 37.6 Å². The van der Waals surface area contributed by atoms with Gasteiger partial charge < -0.3 is 10.6 Å². The molecule has 0 saturated carbocycles. The lowest BCUT2D eigenvalue weighted by molar-refractivity contribution is -0.126. The topological polar surface area (TPSA) is 78.5 Å². The Balaban J connectivity index is 1.74. The minimum absolute atomic E-state index is 0.102. The van der Waals surface area contributed by atoms with Crippen LogP contribution >= 0.6 is 0 Å². The van der Waals surface area contributed by atoms with E-state index in [-0.39, 0.29) is 24.1 Å². The zero-order chi connectivity index (χ0) is 22.2. The molecule has 31 heavy (non-hydrogen) atoms. The highest BCUT2D eigenvalue weighted by Gasteiger charge is 2.37. The summed E-state index contributed by atoms with van der Waals surface area (Å²) in [6, 6.07) is 13.8. The highest BCUT2D eigenvalue weighted by Crippen LogP contribution is 2.33. The molecular formula is C25H31N3O3. The Hall–Kier alpha value is -3.15. The van der Waals surface area contributed by atoms with Gasteiger partial charge in [0.2, 0.25) is 17.7 Å². The number of rotatable bonds is 9. The average Bonchev–Trinajstić information content (AvgIpc) is 2.75. The van der Waals surface area contributed by atoms with Gasteiger partial charge in [-0.15, -0.1) is 0 Å². The minimum Gasteiger partial charge on any atom is -0.326 e. The van der Waals surface area contributed by atoms with E-state index in [1.165, 1.54) is 4.90 Å². The molecule has 0 fully saturated rings. The highest BCUT2D eigenvalue weighted by molar-refractivity contribution is 6.13. The van der Waals surface area contributed by atoms with Gasteiger partial charge in [0.1, 0.15) is 6.04 Å². The van der Waals surface area contributed by atoms with Crippen LogP contribution in [0.4, 0.5) is 17.1 Å². The molecule has 2 N–H and O–H groups in total. The third-order valence-corrected chi connectivity index (χ3v) is 5.51.